The largest absolute Gasteiger partial charge is 0.353 e. The Kier molecular flexibility index (Phi) is 8.19. The van der Waals surface area contributed by atoms with Gasteiger partial charge in [0, 0.05) is 32.6 Å². The molecule has 1 aromatic rings. The lowest BCUT2D eigenvalue weighted by molar-refractivity contribution is -0.137. The SMILES string of the molecule is CNC(=O)C(=O)CC[C@H](NC(C)=O)C(=O)Nc1cccn(CC(=O)NC2CC3CCC2C3)c1=O. The topological polar surface area (TPSA) is 155 Å². The van der Waals surface area contributed by atoms with E-state index in [9.17, 15) is 28.8 Å². The van der Waals surface area contributed by atoms with Crippen molar-refractivity contribution >= 4 is 35.1 Å². The molecule has 4 amide bonds. The molecule has 2 aliphatic carbocycles. The van der Waals surface area contributed by atoms with Gasteiger partial charge in [-0.25, -0.2) is 0 Å². The second kappa shape index (κ2) is 11.1. The maximum Gasteiger partial charge on any atom is 0.287 e. The number of anilines is 1. The molecule has 0 radical (unpaired) electrons. The number of nitrogens with one attached hydrogen (secondary N) is 4. The van der Waals surface area contributed by atoms with E-state index >= 15 is 0 Å². The number of pyridine rings is 1. The fourth-order valence-electron chi connectivity index (χ4n) is 4.85. The Labute approximate surface area is 197 Å². The Bertz CT molecular complexity index is 1030. The molecule has 184 valence electrons. The van der Waals surface area contributed by atoms with E-state index < -0.39 is 35.1 Å². The van der Waals surface area contributed by atoms with Crippen LogP contribution in [0, 0.1) is 11.8 Å². The van der Waals surface area contributed by atoms with Gasteiger partial charge in [0.2, 0.25) is 23.5 Å². The molecule has 11 nitrogen and oxygen atoms in total. The van der Waals surface area contributed by atoms with E-state index in [0.717, 1.165) is 19.3 Å². The number of amides is 4. The zero-order chi connectivity index (χ0) is 24.8. The van der Waals surface area contributed by atoms with Crippen LogP contribution in [0.3, 0.4) is 0 Å². The summed E-state index contributed by atoms with van der Waals surface area (Å²) in [6.07, 6.45) is 5.56. The monoisotopic (exact) mass is 473 g/mol. The summed E-state index contributed by atoms with van der Waals surface area (Å²) in [6, 6.07) is 1.95. The Morgan fingerprint density at radius 3 is 2.53 bits per heavy atom. The molecule has 2 aliphatic rings. The average Bonchev–Trinajstić information content (AvgIpc) is 3.41. The molecule has 3 unspecified atom stereocenters. The van der Waals surface area contributed by atoms with Crippen LogP contribution in [0.25, 0.3) is 0 Å². The number of nitrogens with zero attached hydrogens (tertiary/aromatic N) is 1. The number of hydrogen-bond donors (Lipinski definition) is 4. The molecule has 1 heterocycles. The number of rotatable bonds is 10. The van der Waals surface area contributed by atoms with E-state index in [2.05, 4.69) is 21.3 Å². The molecule has 34 heavy (non-hydrogen) atoms. The fourth-order valence-corrected chi connectivity index (χ4v) is 4.85. The number of fused-ring (bicyclic) bond motifs is 2. The van der Waals surface area contributed by atoms with Gasteiger partial charge in [-0.1, -0.05) is 6.42 Å². The number of likely N-dealkylation sites (N-methyl/N-ethyl adjacent to an activating group) is 1. The van der Waals surface area contributed by atoms with E-state index in [-0.39, 0.29) is 37.0 Å². The van der Waals surface area contributed by atoms with E-state index in [1.807, 2.05) is 0 Å². The van der Waals surface area contributed by atoms with Crippen LogP contribution in [0.15, 0.2) is 23.1 Å². The molecular formula is C23H31N5O6. The Morgan fingerprint density at radius 2 is 1.91 bits per heavy atom. The summed E-state index contributed by atoms with van der Waals surface area (Å²) in [5.41, 5.74) is -0.629. The predicted molar refractivity (Wildman–Crippen MR) is 123 cm³/mol. The van der Waals surface area contributed by atoms with E-state index in [0.29, 0.717) is 11.8 Å². The minimum Gasteiger partial charge on any atom is -0.353 e. The first-order chi connectivity index (χ1) is 16.2. The summed E-state index contributed by atoms with van der Waals surface area (Å²) in [5, 5.41) is 10.1. The highest BCUT2D eigenvalue weighted by Crippen LogP contribution is 2.44. The van der Waals surface area contributed by atoms with Crippen molar-refractivity contribution in [2.45, 2.75) is 64.1 Å². The minimum absolute atomic E-state index is 0.0618. The van der Waals surface area contributed by atoms with Gasteiger partial charge in [0.05, 0.1) is 0 Å². The predicted octanol–water partition coefficient (Wildman–Crippen LogP) is -0.308. The van der Waals surface area contributed by atoms with E-state index in [4.69, 9.17) is 0 Å². The van der Waals surface area contributed by atoms with Crippen LogP contribution in [0.5, 0.6) is 0 Å². The van der Waals surface area contributed by atoms with Gasteiger partial charge in [0.1, 0.15) is 18.3 Å². The lowest BCUT2D eigenvalue weighted by Gasteiger charge is -2.23. The van der Waals surface area contributed by atoms with Crippen LogP contribution < -0.4 is 26.8 Å². The first-order valence-corrected chi connectivity index (χ1v) is 11.5. The van der Waals surface area contributed by atoms with Gasteiger partial charge in [-0.2, -0.15) is 0 Å². The van der Waals surface area contributed by atoms with Gasteiger partial charge < -0.3 is 25.8 Å². The normalized spacial score (nSPS) is 21.4. The zero-order valence-corrected chi connectivity index (χ0v) is 19.4. The van der Waals surface area contributed by atoms with Crippen molar-refractivity contribution in [1.82, 2.24) is 20.5 Å². The van der Waals surface area contributed by atoms with Gasteiger partial charge in [-0.15, -0.1) is 0 Å². The summed E-state index contributed by atoms with van der Waals surface area (Å²) in [5.74, 6) is -1.80. The molecule has 2 bridgehead atoms. The minimum atomic E-state index is -1.12. The molecule has 4 N–H and O–H groups in total. The summed E-state index contributed by atoms with van der Waals surface area (Å²) in [6.45, 7) is 1.04. The zero-order valence-electron chi connectivity index (χ0n) is 19.4. The molecule has 4 atom stereocenters. The highest BCUT2D eigenvalue weighted by molar-refractivity contribution is 6.36. The number of Topliss-reactive ketones (excluding diaryl/α,β-unsaturated/α-hetero) is 1. The molecule has 2 fully saturated rings. The van der Waals surface area contributed by atoms with Crippen molar-refractivity contribution in [3.05, 3.63) is 28.7 Å². The number of hydrogen-bond acceptors (Lipinski definition) is 6. The molecular weight excluding hydrogens is 442 g/mol. The molecule has 0 aromatic carbocycles. The summed E-state index contributed by atoms with van der Waals surface area (Å²) in [7, 11) is 1.32. The lowest BCUT2D eigenvalue weighted by atomic mass is 9.95. The van der Waals surface area contributed by atoms with Crippen molar-refractivity contribution in [3.63, 3.8) is 0 Å². The van der Waals surface area contributed by atoms with Gasteiger partial charge in [-0.3, -0.25) is 28.8 Å². The van der Waals surface area contributed by atoms with Crippen molar-refractivity contribution < 1.29 is 24.0 Å². The second-order valence-corrected chi connectivity index (χ2v) is 8.99. The first kappa shape index (κ1) is 25.1. The van der Waals surface area contributed by atoms with Crippen LogP contribution in [-0.2, 0) is 30.5 Å². The highest BCUT2D eigenvalue weighted by atomic mass is 16.2. The third-order valence-corrected chi connectivity index (χ3v) is 6.51. The maximum atomic E-state index is 12.8. The van der Waals surface area contributed by atoms with Crippen LogP contribution in [0.2, 0.25) is 0 Å². The number of carbonyl (C=O) groups is 5. The first-order valence-electron chi connectivity index (χ1n) is 11.5. The standard InChI is InChI=1S/C23H31N5O6/c1-13(29)25-16(7-8-19(30)22(33)24-2)21(32)27-17-4-3-9-28(23(17)34)12-20(31)26-18-11-14-5-6-15(18)10-14/h3-4,9,14-16,18H,5-8,10-12H2,1-2H3,(H,24,33)(H,25,29)(H,26,31)(H,27,32)/t14?,15?,16-,18?/m0/s1. The van der Waals surface area contributed by atoms with Gasteiger partial charge in [-0.05, 0) is 49.7 Å². The highest BCUT2D eigenvalue weighted by Gasteiger charge is 2.40. The molecule has 0 saturated heterocycles. The third kappa shape index (κ3) is 6.30. The molecule has 0 spiro atoms. The van der Waals surface area contributed by atoms with Crippen LogP contribution in [-0.4, -0.2) is 53.1 Å². The summed E-state index contributed by atoms with van der Waals surface area (Å²) in [4.78, 5) is 72.7. The Hall–Kier alpha value is -3.50. The molecule has 0 aliphatic heterocycles. The average molecular weight is 474 g/mol. The lowest BCUT2D eigenvalue weighted by Crippen LogP contribution is -2.45. The number of carbonyl (C=O) groups excluding carboxylic acids is 5. The molecule has 11 heteroatoms. The fraction of sp³-hybridized carbons (Fsp3) is 0.565. The summed E-state index contributed by atoms with van der Waals surface area (Å²) >= 11 is 0. The van der Waals surface area contributed by atoms with E-state index in [1.54, 1.807) is 0 Å². The Morgan fingerprint density at radius 1 is 1.15 bits per heavy atom. The van der Waals surface area contributed by atoms with Crippen LogP contribution in [0.4, 0.5) is 5.69 Å². The smallest absolute Gasteiger partial charge is 0.287 e. The van der Waals surface area contributed by atoms with Crippen LogP contribution >= 0.6 is 0 Å². The van der Waals surface area contributed by atoms with Gasteiger partial charge in [0.15, 0.2) is 0 Å². The van der Waals surface area contributed by atoms with E-state index in [1.165, 1.54) is 43.3 Å². The van der Waals surface area contributed by atoms with Gasteiger partial charge in [0.25, 0.3) is 11.5 Å². The maximum absolute atomic E-state index is 12.8. The van der Waals surface area contributed by atoms with Crippen molar-refractivity contribution in [1.29, 1.82) is 0 Å². The molecule has 2 saturated carbocycles. The Balaban J connectivity index is 1.62. The second-order valence-electron chi connectivity index (χ2n) is 8.99. The third-order valence-electron chi connectivity index (χ3n) is 6.51. The summed E-state index contributed by atoms with van der Waals surface area (Å²) < 4.78 is 1.21. The van der Waals surface area contributed by atoms with Crippen LogP contribution in [0.1, 0.15) is 45.4 Å². The molecule has 1 aromatic heterocycles. The quantitative estimate of drug-likeness (QED) is 0.342. The number of ketones is 1. The van der Waals surface area contributed by atoms with Gasteiger partial charge >= 0.3 is 0 Å². The van der Waals surface area contributed by atoms with Crippen molar-refractivity contribution in [3.8, 4) is 0 Å². The molecule has 3 rings (SSSR count). The number of aromatic nitrogens is 1. The van der Waals surface area contributed by atoms with Crippen molar-refractivity contribution in [2.24, 2.45) is 11.8 Å². The van der Waals surface area contributed by atoms with Crippen molar-refractivity contribution in [2.75, 3.05) is 12.4 Å².